The molecule has 0 bridgehead atoms. The number of carbonyl (C=O) groups is 1. The van der Waals surface area contributed by atoms with E-state index in [1.54, 1.807) is 7.11 Å². The van der Waals surface area contributed by atoms with Crippen LogP contribution in [-0.2, 0) is 22.4 Å². The minimum atomic E-state index is -1.27. The summed E-state index contributed by atoms with van der Waals surface area (Å²) in [4.78, 5) is 19.5. The maximum absolute atomic E-state index is 14.4. The Bertz CT molecular complexity index is 1540. The molecule has 43 heavy (non-hydrogen) atoms. The number of ether oxygens (including phenoxy) is 3. The molecule has 4 aromatic carbocycles. The number of aliphatic imine (C=N–C) groups is 1. The Morgan fingerprint density at radius 1 is 0.977 bits per heavy atom. The highest BCUT2D eigenvalue weighted by Crippen LogP contribution is 2.43. The Kier molecular flexibility index (Phi) is 10.1. The predicted molar refractivity (Wildman–Crippen MR) is 171 cm³/mol. The minimum absolute atomic E-state index is 0.0742. The number of hydrogen-bond donors (Lipinski definition) is 2. The Labute approximate surface area is 260 Å². The van der Waals surface area contributed by atoms with Crippen molar-refractivity contribution in [3.8, 4) is 11.5 Å². The summed E-state index contributed by atoms with van der Waals surface area (Å²) in [6.45, 7) is 0.926. The van der Waals surface area contributed by atoms with Crippen LogP contribution in [0.15, 0.2) is 113 Å². The molecule has 0 unspecified atom stereocenters. The highest BCUT2D eigenvalue weighted by Gasteiger charge is 2.53. The second-order valence-electron chi connectivity index (χ2n) is 10.3. The lowest BCUT2D eigenvalue weighted by Crippen LogP contribution is -2.50. The SMILES string of the molecule is COc1cccc(CCNC(=O)[C@]2(Cc3ccccc3Br)N=C(c3ccc(OCCCO)cc3)O[C@@H]2c2ccccc2)c1. The van der Waals surface area contributed by atoms with E-state index in [2.05, 4.69) is 21.2 Å². The van der Waals surface area contributed by atoms with Gasteiger partial charge in [0.2, 0.25) is 5.90 Å². The van der Waals surface area contributed by atoms with E-state index in [0.29, 0.717) is 44.1 Å². The molecule has 7 nitrogen and oxygen atoms in total. The molecule has 0 aliphatic carbocycles. The first-order valence-corrected chi connectivity index (χ1v) is 15.1. The van der Waals surface area contributed by atoms with E-state index in [1.165, 1.54) is 0 Å². The number of nitrogens with one attached hydrogen (secondary N) is 1. The van der Waals surface area contributed by atoms with Crippen molar-refractivity contribution in [3.63, 3.8) is 0 Å². The van der Waals surface area contributed by atoms with Crippen molar-refractivity contribution in [2.24, 2.45) is 4.99 Å². The topological polar surface area (TPSA) is 89.4 Å². The van der Waals surface area contributed by atoms with Crippen LogP contribution in [0.25, 0.3) is 0 Å². The van der Waals surface area contributed by atoms with Crippen LogP contribution in [0.3, 0.4) is 0 Å². The molecule has 2 N–H and O–H groups in total. The number of aliphatic hydroxyl groups excluding tert-OH is 1. The number of carbonyl (C=O) groups excluding carboxylic acids is 1. The summed E-state index contributed by atoms with van der Waals surface area (Å²) in [5, 5.41) is 12.2. The molecule has 0 saturated heterocycles. The Hall–Kier alpha value is -4.14. The van der Waals surface area contributed by atoms with Gasteiger partial charge in [-0.15, -0.1) is 0 Å². The van der Waals surface area contributed by atoms with Gasteiger partial charge in [-0.1, -0.05) is 76.6 Å². The maximum atomic E-state index is 14.4. The van der Waals surface area contributed by atoms with E-state index in [-0.39, 0.29) is 12.5 Å². The molecule has 5 rings (SSSR count). The highest BCUT2D eigenvalue weighted by molar-refractivity contribution is 9.10. The lowest BCUT2D eigenvalue weighted by atomic mass is 9.82. The number of rotatable bonds is 13. The lowest BCUT2D eigenvalue weighted by Gasteiger charge is -2.31. The first-order valence-electron chi connectivity index (χ1n) is 14.3. The van der Waals surface area contributed by atoms with Crippen LogP contribution in [0.4, 0.5) is 0 Å². The quantitative estimate of drug-likeness (QED) is 0.173. The zero-order valence-electron chi connectivity index (χ0n) is 24.0. The summed E-state index contributed by atoms with van der Waals surface area (Å²) < 4.78 is 18.6. The Morgan fingerprint density at radius 2 is 1.74 bits per heavy atom. The third-order valence-electron chi connectivity index (χ3n) is 7.38. The molecule has 0 saturated carbocycles. The fourth-order valence-corrected chi connectivity index (χ4v) is 5.57. The van der Waals surface area contributed by atoms with Gasteiger partial charge >= 0.3 is 0 Å². The third kappa shape index (κ3) is 7.27. The number of aliphatic hydroxyl groups is 1. The number of halogens is 1. The molecule has 0 fully saturated rings. The zero-order valence-corrected chi connectivity index (χ0v) is 25.6. The van der Waals surface area contributed by atoms with Crippen LogP contribution in [-0.4, -0.2) is 49.3 Å². The average molecular weight is 644 g/mol. The molecule has 4 aromatic rings. The van der Waals surface area contributed by atoms with Crippen LogP contribution < -0.4 is 14.8 Å². The van der Waals surface area contributed by atoms with Crippen molar-refractivity contribution >= 4 is 27.7 Å². The van der Waals surface area contributed by atoms with Crippen molar-refractivity contribution in [2.45, 2.75) is 30.9 Å². The monoisotopic (exact) mass is 642 g/mol. The minimum Gasteiger partial charge on any atom is -0.497 e. The molecule has 0 spiro atoms. The standard InChI is InChI=1S/C35H35BrN2O5/c1-41-30-13-7-9-25(23-30)19-20-37-34(40)35(24-28-12-5-6-14-31(28)36)32(26-10-3-2-4-11-26)43-33(38-35)27-15-17-29(18-16-27)42-22-8-21-39/h2-7,9-18,23,32,39H,8,19-22,24H2,1H3,(H,37,40)/t32-,35-/m1/s1. The van der Waals surface area contributed by atoms with Crippen molar-refractivity contribution in [2.75, 3.05) is 26.9 Å². The molecule has 0 aromatic heterocycles. The summed E-state index contributed by atoms with van der Waals surface area (Å²) in [6.07, 6.45) is 0.860. The molecule has 1 aliphatic heterocycles. The van der Waals surface area contributed by atoms with Gasteiger partial charge in [-0.25, -0.2) is 4.99 Å². The van der Waals surface area contributed by atoms with Crippen LogP contribution in [0, 0.1) is 0 Å². The first-order chi connectivity index (χ1) is 21.0. The number of methoxy groups -OCH3 is 1. The Morgan fingerprint density at radius 3 is 2.49 bits per heavy atom. The fourth-order valence-electron chi connectivity index (χ4n) is 5.14. The van der Waals surface area contributed by atoms with Gasteiger partial charge in [0.05, 0.1) is 13.7 Å². The number of hydrogen-bond acceptors (Lipinski definition) is 6. The van der Waals surface area contributed by atoms with Gasteiger partial charge in [0, 0.05) is 36.0 Å². The maximum Gasteiger partial charge on any atom is 0.252 e. The van der Waals surface area contributed by atoms with Crippen LogP contribution in [0.5, 0.6) is 11.5 Å². The number of amides is 1. The van der Waals surface area contributed by atoms with E-state index >= 15 is 0 Å². The van der Waals surface area contributed by atoms with Crippen molar-refractivity contribution in [3.05, 3.63) is 130 Å². The summed E-state index contributed by atoms with van der Waals surface area (Å²) in [6, 6.07) is 32.9. The molecule has 0 radical (unpaired) electrons. The van der Waals surface area contributed by atoms with Crippen LogP contribution in [0.1, 0.15) is 34.8 Å². The van der Waals surface area contributed by atoms with Crippen LogP contribution in [0.2, 0.25) is 0 Å². The van der Waals surface area contributed by atoms with E-state index in [9.17, 15) is 4.79 Å². The molecule has 1 amide bonds. The summed E-state index contributed by atoms with van der Waals surface area (Å²) in [5.74, 6) is 1.65. The van der Waals surface area contributed by atoms with E-state index in [0.717, 1.165) is 32.5 Å². The highest BCUT2D eigenvalue weighted by atomic mass is 79.9. The number of benzene rings is 4. The second-order valence-corrected chi connectivity index (χ2v) is 11.2. The van der Waals surface area contributed by atoms with Gasteiger partial charge < -0.3 is 24.6 Å². The van der Waals surface area contributed by atoms with Gasteiger partial charge in [0.25, 0.3) is 5.91 Å². The summed E-state index contributed by atoms with van der Waals surface area (Å²) >= 11 is 3.68. The molecule has 1 aliphatic rings. The van der Waals surface area contributed by atoms with Gasteiger partial charge in [-0.2, -0.15) is 0 Å². The molecular formula is C35H35BrN2O5. The zero-order chi connectivity index (χ0) is 30.1. The fraction of sp³-hybridized carbons (Fsp3) is 0.257. The normalized spacial score (nSPS) is 17.6. The van der Waals surface area contributed by atoms with E-state index < -0.39 is 11.6 Å². The van der Waals surface area contributed by atoms with Crippen molar-refractivity contribution in [1.82, 2.24) is 5.32 Å². The summed E-state index contributed by atoms with van der Waals surface area (Å²) in [7, 11) is 1.64. The van der Waals surface area contributed by atoms with Crippen molar-refractivity contribution < 1.29 is 24.1 Å². The first kappa shape index (κ1) is 30.3. The van der Waals surface area contributed by atoms with E-state index in [1.807, 2.05) is 103 Å². The largest absolute Gasteiger partial charge is 0.497 e. The van der Waals surface area contributed by atoms with Gasteiger partial charge in [0.15, 0.2) is 11.6 Å². The molecule has 222 valence electrons. The van der Waals surface area contributed by atoms with Gasteiger partial charge in [0.1, 0.15) is 11.5 Å². The molecule has 1 heterocycles. The van der Waals surface area contributed by atoms with Crippen molar-refractivity contribution in [1.29, 1.82) is 0 Å². The predicted octanol–water partition coefficient (Wildman–Crippen LogP) is 6.08. The smallest absolute Gasteiger partial charge is 0.252 e. The lowest BCUT2D eigenvalue weighted by molar-refractivity contribution is -0.128. The summed E-state index contributed by atoms with van der Waals surface area (Å²) in [5.41, 5.74) is 2.35. The molecule has 8 heteroatoms. The molecular weight excluding hydrogens is 608 g/mol. The molecule has 2 atom stereocenters. The third-order valence-corrected chi connectivity index (χ3v) is 8.16. The Balaban J connectivity index is 1.49. The van der Waals surface area contributed by atoms with E-state index in [4.69, 9.17) is 24.3 Å². The number of nitrogens with zero attached hydrogens (tertiary/aromatic N) is 1. The van der Waals surface area contributed by atoms with Gasteiger partial charge in [-0.05, 0) is 65.6 Å². The van der Waals surface area contributed by atoms with Gasteiger partial charge in [-0.3, -0.25) is 4.79 Å². The second kappa shape index (κ2) is 14.4. The van der Waals surface area contributed by atoms with Crippen LogP contribution >= 0.6 is 15.9 Å². The average Bonchev–Trinajstić information content (AvgIpc) is 3.43.